The van der Waals surface area contributed by atoms with Crippen LogP contribution in [0.2, 0.25) is 19.6 Å². The predicted octanol–water partition coefficient (Wildman–Crippen LogP) is 3.64. The normalized spacial score (nSPS) is 11.6. The first-order chi connectivity index (χ1) is 10.5. The van der Waals surface area contributed by atoms with Gasteiger partial charge >= 0.3 is 139 Å². The Morgan fingerprint density at radius 1 is 0.864 bits per heavy atom. The fourth-order valence-electron chi connectivity index (χ4n) is 2.50. The summed E-state index contributed by atoms with van der Waals surface area (Å²) in [7, 11) is -1.22. The molecule has 0 aliphatic rings. The van der Waals surface area contributed by atoms with E-state index in [0.29, 0.717) is 0 Å². The monoisotopic (exact) mass is 373 g/mol. The molecule has 1 heterocycles. The maximum atomic E-state index is 4.89. The number of benzene rings is 2. The Labute approximate surface area is 139 Å². The van der Waals surface area contributed by atoms with Gasteiger partial charge in [-0.05, 0) is 0 Å². The second kappa shape index (κ2) is 6.33. The van der Waals surface area contributed by atoms with Crippen LogP contribution in [0, 0.1) is 0 Å². The van der Waals surface area contributed by atoms with Crippen LogP contribution >= 0.6 is 0 Å². The van der Waals surface area contributed by atoms with Crippen molar-refractivity contribution in [1.82, 2.24) is 4.09 Å². The zero-order valence-corrected chi connectivity index (χ0v) is 16.0. The molecule has 0 aliphatic carbocycles. The number of hydrogen-bond acceptors (Lipinski definition) is 1. The molecule has 0 aliphatic heterocycles. The number of aromatic nitrogens is 2. The first-order valence-corrected chi connectivity index (χ1v) is 12.9. The molecule has 2 nitrogen and oxygen atoms in total. The van der Waals surface area contributed by atoms with Gasteiger partial charge < -0.3 is 0 Å². The standard InChI is InChI=1S/C18H21N2SeSi/c1-22(2,3)14-20-17(15-10-6-4-7-11-15)18(21-19-20)16-12-8-5-9-13-16/h4-13H,14H2,1-3H3/q+1. The molecule has 0 unspecified atom stereocenters. The topological polar surface area (TPSA) is 16.8 Å². The third kappa shape index (κ3) is 3.46. The predicted molar refractivity (Wildman–Crippen MR) is 95.6 cm³/mol. The van der Waals surface area contributed by atoms with E-state index < -0.39 is 8.07 Å². The summed E-state index contributed by atoms with van der Waals surface area (Å²) in [5.74, 6) is 0. The molecule has 1 aromatic heterocycles. The van der Waals surface area contributed by atoms with E-state index in [1.54, 1.807) is 0 Å². The van der Waals surface area contributed by atoms with Gasteiger partial charge in [-0.2, -0.15) is 0 Å². The SMILES string of the molecule is C[Si](C)(C)C[n+]1n[se]c(-c2ccccc2)c1-c1ccccc1. The maximum absolute atomic E-state index is 4.89. The summed E-state index contributed by atoms with van der Waals surface area (Å²) in [4.78, 5) is 0. The third-order valence-electron chi connectivity index (χ3n) is 3.41. The Morgan fingerprint density at radius 2 is 1.41 bits per heavy atom. The second-order valence-corrected chi connectivity index (χ2v) is 13.7. The molecule has 2 aromatic carbocycles. The van der Waals surface area contributed by atoms with Crippen molar-refractivity contribution in [1.29, 1.82) is 0 Å². The van der Waals surface area contributed by atoms with Crippen LogP contribution in [0.25, 0.3) is 21.3 Å². The zero-order chi connectivity index (χ0) is 15.6. The molecule has 0 saturated carbocycles. The summed E-state index contributed by atoms with van der Waals surface area (Å²) < 4.78 is 8.58. The van der Waals surface area contributed by atoms with Crippen LogP contribution in [0.4, 0.5) is 0 Å². The molecular formula is C18H21N2SeSi+. The molecule has 3 rings (SSSR count). The number of nitrogens with zero attached hydrogens (tertiary/aromatic N) is 2. The summed E-state index contributed by atoms with van der Waals surface area (Å²) in [5.41, 5.74) is 3.90. The van der Waals surface area contributed by atoms with Gasteiger partial charge in [0.1, 0.15) is 0 Å². The Bertz CT molecular complexity index is 746. The second-order valence-electron chi connectivity index (χ2n) is 6.70. The molecule has 0 bridgehead atoms. The van der Waals surface area contributed by atoms with Gasteiger partial charge in [-0.1, -0.05) is 0 Å². The van der Waals surface area contributed by atoms with E-state index in [-0.39, 0.29) is 14.7 Å². The summed E-state index contributed by atoms with van der Waals surface area (Å²) in [6.07, 6.45) is 1.08. The quantitative estimate of drug-likeness (QED) is 0.505. The van der Waals surface area contributed by atoms with Crippen LogP contribution in [0.15, 0.2) is 60.7 Å². The van der Waals surface area contributed by atoms with E-state index >= 15 is 0 Å². The molecule has 0 saturated heterocycles. The van der Waals surface area contributed by atoms with Crippen molar-refractivity contribution >= 4 is 22.8 Å². The molecule has 0 fully saturated rings. The van der Waals surface area contributed by atoms with Crippen LogP contribution in [0.5, 0.6) is 0 Å². The summed E-state index contributed by atoms with van der Waals surface area (Å²) in [5, 5.41) is 0. The van der Waals surface area contributed by atoms with Gasteiger partial charge in [0, 0.05) is 0 Å². The van der Waals surface area contributed by atoms with Crippen LogP contribution in [-0.4, -0.2) is 26.9 Å². The average molecular weight is 372 g/mol. The van der Waals surface area contributed by atoms with E-state index in [1.165, 1.54) is 21.3 Å². The summed E-state index contributed by atoms with van der Waals surface area (Å²) in [6.45, 7) is 7.20. The molecule has 0 amide bonds. The van der Waals surface area contributed by atoms with Crippen molar-refractivity contribution in [3.63, 3.8) is 0 Å². The Hall–Kier alpha value is -1.48. The molecule has 0 atom stereocenters. The van der Waals surface area contributed by atoms with E-state index in [9.17, 15) is 0 Å². The number of rotatable bonds is 4. The van der Waals surface area contributed by atoms with Crippen molar-refractivity contribution in [2.24, 2.45) is 0 Å². The van der Waals surface area contributed by atoms with Crippen LogP contribution < -0.4 is 4.68 Å². The molecular weight excluding hydrogens is 351 g/mol. The van der Waals surface area contributed by atoms with Gasteiger partial charge in [0.2, 0.25) is 0 Å². The first kappa shape index (κ1) is 15.4. The summed E-state index contributed by atoms with van der Waals surface area (Å²) >= 11 is 0.159. The fourth-order valence-corrected chi connectivity index (χ4v) is 5.69. The Kier molecular flexibility index (Phi) is 4.43. The van der Waals surface area contributed by atoms with Gasteiger partial charge in [0.25, 0.3) is 0 Å². The summed E-state index contributed by atoms with van der Waals surface area (Å²) in [6, 6.07) is 21.4. The Balaban J connectivity index is 2.16. The van der Waals surface area contributed by atoms with Crippen molar-refractivity contribution in [2.45, 2.75) is 25.8 Å². The van der Waals surface area contributed by atoms with Crippen molar-refractivity contribution in [2.75, 3.05) is 0 Å². The molecule has 3 aromatic rings. The first-order valence-electron chi connectivity index (χ1n) is 7.55. The molecule has 4 heteroatoms. The van der Waals surface area contributed by atoms with E-state index in [0.717, 1.165) is 6.17 Å². The van der Waals surface area contributed by atoms with Gasteiger partial charge in [0.15, 0.2) is 0 Å². The Morgan fingerprint density at radius 3 is 1.95 bits per heavy atom. The van der Waals surface area contributed by atoms with E-state index in [1.807, 2.05) is 0 Å². The van der Waals surface area contributed by atoms with Crippen LogP contribution in [-0.2, 0) is 6.17 Å². The van der Waals surface area contributed by atoms with Gasteiger partial charge in [-0.3, -0.25) is 0 Å². The fraction of sp³-hybridized carbons (Fsp3) is 0.222. The van der Waals surface area contributed by atoms with E-state index in [4.69, 9.17) is 4.09 Å². The molecule has 0 spiro atoms. The number of hydrogen-bond donors (Lipinski definition) is 0. The van der Waals surface area contributed by atoms with Crippen LogP contribution in [0.3, 0.4) is 0 Å². The van der Waals surface area contributed by atoms with Crippen molar-refractivity contribution in [3.05, 3.63) is 60.7 Å². The molecule has 112 valence electrons. The van der Waals surface area contributed by atoms with E-state index in [2.05, 4.69) is 85.0 Å². The average Bonchev–Trinajstić information content (AvgIpc) is 2.90. The van der Waals surface area contributed by atoms with Crippen LogP contribution in [0.1, 0.15) is 0 Å². The van der Waals surface area contributed by atoms with Gasteiger partial charge in [-0.15, -0.1) is 0 Å². The van der Waals surface area contributed by atoms with Gasteiger partial charge in [0.05, 0.1) is 0 Å². The molecule has 22 heavy (non-hydrogen) atoms. The van der Waals surface area contributed by atoms with Crippen molar-refractivity contribution in [3.8, 4) is 21.3 Å². The van der Waals surface area contributed by atoms with Crippen molar-refractivity contribution < 1.29 is 4.68 Å². The minimum atomic E-state index is -1.22. The van der Waals surface area contributed by atoms with Gasteiger partial charge in [-0.25, -0.2) is 0 Å². The third-order valence-corrected chi connectivity index (χ3v) is 6.53. The minimum absolute atomic E-state index is 0.159. The molecule has 0 radical (unpaired) electrons. The molecule has 0 N–H and O–H groups in total. The zero-order valence-electron chi connectivity index (χ0n) is 13.3.